The molecule has 0 aliphatic carbocycles. The molecule has 0 fully saturated rings. The monoisotopic (exact) mass is 245 g/mol. The summed E-state index contributed by atoms with van der Waals surface area (Å²) in [7, 11) is 0. The van der Waals surface area contributed by atoms with E-state index in [2.05, 4.69) is 5.10 Å². The van der Waals surface area contributed by atoms with E-state index in [0.29, 0.717) is 6.54 Å². The molecule has 0 aliphatic rings. The van der Waals surface area contributed by atoms with E-state index in [1.54, 1.807) is 10.9 Å². The predicted octanol–water partition coefficient (Wildman–Crippen LogP) is 1.89. The van der Waals surface area contributed by atoms with Crippen LogP contribution in [0.2, 0.25) is 0 Å². The fraction of sp³-hybridized carbons (Fsp3) is 0.357. The first kappa shape index (κ1) is 12.8. The molecule has 0 amide bonds. The van der Waals surface area contributed by atoms with Crippen molar-refractivity contribution in [3.8, 4) is 5.69 Å². The molecule has 2 rings (SSSR count). The van der Waals surface area contributed by atoms with Crippen LogP contribution in [0.3, 0.4) is 0 Å². The first-order valence-electron chi connectivity index (χ1n) is 6.03. The van der Waals surface area contributed by atoms with Crippen LogP contribution in [0.5, 0.6) is 0 Å². The SMILES string of the molecule is CC(C)(CN)C(O)c1cnn(-c2ccccc2)c1. The van der Waals surface area contributed by atoms with Crippen molar-refractivity contribution in [3.05, 3.63) is 48.3 Å². The minimum Gasteiger partial charge on any atom is -0.388 e. The Hall–Kier alpha value is -1.65. The third-order valence-electron chi connectivity index (χ3n) is 3.21. The first-order chi connectivity index (χ1) is 8.54. The Morgan fingerprint density at radius 1 is 1.33 bits per heavy atom. The molecular weight excluding hydrogens is 226 g/mol. The number of nitrogens with zero attached hydrogens (tertiary/aromatic N) is 2. The third kappa shape index (κ3) is 2.44. The number of aromatic nitrogens is 2. The number of benzene rings is 1. The maximum absolute atomic E-state index is 10.3. The summed E-state index contributed by atoms with van der Waals surface area (Å²) in [6.45, 7) is 4.31. The lowest BCUT2D eigenvalue weighted by atomic mass is 9.84. The van der Waals surface area contributed by atoms with Crippen LogP contribution in [-0.2, 0) is 0 Å². The van der Waals surface area contributed by atoms with Crippen molar-refractivity contribution in [2.24, 2.45) is 11.1 Å². The smallest absolute Gasteiger partial charge is 0.0883 e. The second kappa shape index (κ2) is 4.92. The predicted molar refractivity (Wildman–Crippen MR) is 71.4 cm³/mol. The molecule has 0 aliphatic heterocycles. The summed E-state index contributed by atoms with van der Waals surface area (Å²) in [6.07, 6.45) is 2.92. The van der Waals surface area contributed by atoms with Crippen molar-refractivity contribution in [1.82, 2.24) is 9.78 Å². The van der Waals surface area contributed by atoms with E-state index < -0.39 is 6.10 Å². The quantitative estimate of drug-likeness (QED) is 0.864. The van der Waals surface area contributed by atoms with Gasteiger partial charge in [-0.25, -0.2) is 4.68 Å². The van der Waals surface area contributed by atoms with Crippen LogP contribution < -0.4 is 5.73 Å². The molecule has 0 saturated carbocycles. The molecule has 96 valence electrons. The van der Waals surface area contributed by atoms with Gasteiger partial charge in [0.15, 0.2) is 0 Å². The van der Waals surface area contributed by atoms with E-state index in [1.807, 2.05) is 50.4 Å². The summed E-state index contributed by atoms with van der Waals surface area (Å²) in [5, 5.41) is 14.5. The Kier molecular flexibility index (Phi) is 3.50. The average Bonchev–Trinajstić information content (AvgIpc) is 2.88. The van der Waals surface area contributed by atoms with Gasteiger partial charge in [-0.2, -0.15) is 5.10 Å². The zero-order valence-electron chi connectivity index (χ0n) is 10.7. The normalized spacial score (nSPS) is 13.6. The van der Waals surface area contributed by atoms with Crippen LogP contribution in [0.15, 0.2) is 42.7 Å². The minimum absolute atomic E-state index is 0.357. The van der Waals surface area contributed by atoms with Crippen LogP contribution >= 0.6 is 0 Å². The van der Waals surface area contributed by atoms with Gasteiger partial charge in [-0.15, -0.1) is 0 Å². The second-order valence-corrected chi connectivity index (χ2v) is 5.15. The largest absolute Gasteiger partial charge is 0.388 e. The molecule has 0 bridgehead atoms. The number of nitrogens with two attached hydrogens (primary N) is 1. The number of hydrogen-bond donors (Lipinski definition) is 2. The zero-order chi connectivity index (χ0) is 13.2. The highest BCUT2D eigenvalue weighted by atomic mass is 16.3. The third-order valence-corrected chi connectivity index (χ3v) is 3.21. The molecule has 1 aromatic carbocycles. The van der Waals surface area contributed by atoms with E-state index in [0.717, 1.165) is 11.3 Å². The summed E-state index contributed by atoms with van der Waals surface area (Å²) in [5.74, 6) is 0. The Bertz CT molecular complexity index is 505. The van der Waals surface area contributed by atoms with Gasteiger partial charge in [0, 0.05) is 23.7 Å². The molecular formula is C14H19N3O. The van der Waals surface area contributed by atoms with Gasteiger partial charge in [-0.05, 0) is 12.1 Å². The fourth-order valence-electron chi connectivity index (χ4n) is 1.76. The Morgan fingerprint density at radius 2 is 2.00 bits per heavy atom. The van der Waals surface area contributed by atoms with Gasteiger partial charge < -0.3 is 10.8 Å². The lowest BCUT2D eigenvalue weighted by Gasteiger charge is -2.27. The number of rotatable bonds is 4. The summed E-state index contributed by atoms with van der Waals surface area (Å²) < 4.78 is 1.76. The van der Waals surface area contributed by atoms with E-state index in [-0.39, 0.29) is 5.41 Å². The Morgan fingerprint density at radius 3 is 2.61 bits per heavy atom. The molecule has 0 saturated heterocycles. The van der Waals surface area contributed by atoms with Crippen LogP contribution in [0.1, 0.15) is 25.5 Å². The van der Waals surface area contributed by atoms with Gasteiger partial charge in [-0.1, -0.05) is 32.0 Å². The van der Waals surface area contributed by atoms with Crippen molar-refractivity contribution in [2.45, 2.75) is 20.0 Å². The lowest BCUT2D eigenvalue weighted by molar-refractivity contribution is 0.0555. The highest BCUT2D eigenvalue weighted by molar-refractivity contribution is 5.31. The molecule has 4 nitrogen and oxygen atoms in total. The highest BCUT2D eigenvalue weighted by Crippen LogP contribution is 2.32. The van der Waals surface area contributed by atoms with Crippen molar-refractivity contribution in [3.63, 3.8) is 0 Å². The minimum atomic E-state index is -0.611. The van der Waals surface area contributed by atoms with E-state index in [1.165, 1.54) is 0 Å². The summed E-state index contributed by atoms with van der Waals surface area (Å²) in [5.41, 5.74) is 7.08. The molecule has 1 unspecified atom stereocenters. The Balaban J connectivity index is 2.26. The van der Waals surface area contributed by atoms with Gasteiger partial charge in [0.25, 0.3) is 0 Å². The molecule has 2 aromatic rings. The molecule has 3 N–H and O–H groups in total. The number of aliphatic hydroxyl groups is 1. The molecule has 4 heteroatoms. The zero-order valence-corrected chi connectivity index (χ0v) is 10.7. The van der Waals surface area contributed by atoms with Crippen molar-refractivity contribution >= 4 is 0 Å². The Labute approximate surface area is 107 Å². The second-order valence-electron chi connectivity index (χ2n) is 5.15. The van der Waals surface area contributed by atoms with Gasteiger partial charge in [-0.3, -0.25) is 0 Å². The number of aliphatic hydroxyl groups excluding tert-OH is 1. The van der Waals surface area contributed by atoms with Crippen molar-refractivity contribution in [2.75, 3.05) is 6.54 Å². The maximum atomic E-state index is 10.3. The number of hydrogen-bond acceptors (Lipinski definition) is 3. The van der Waals surface area contributed by atoms with Gasteiger partial charge >= 0.3 is 0 Å². The van der Waals surface area contributed by atoms with Crippen LogP contribution in [0.25, 0.3) is 5.69 Å². The molecule has 1 atom stereocenters. The van der Waals surface area contributed by atoms with Crippen LogP contribution in [0.4, 0.5) is 0 Å². The molecule has 0 spiro atoms. The molecule has 0 radical (unpaired) electrons. The first-order valence-corrected chi connectivity index (χ1v) is 6.03. The highest BCUT2D eigenvalue weighted by Gasteiger charge is 2.28. The summed E-state index contributed by atoms with van der Waals surface area (Å²) in [6, 6.07) is 9.81. The van der Waals surface area contributed by atoms with E-state index >= 15 is 0 Å². The standard InChI is InChI=1S/C14H19N3O/c1-14(2,10-15)13(18)11-8-16-17(9-11)12-6-4-3-5-7-12/h3-9,13,18H,10,15H2,1-2H3. The van der Waals surface area contributed by atoms with Crippen LogP contribution in [0, 0.1) is 5.41 Å². The van der Waals surface area contributed by atoms with Crippen molar-refractivity contribution < 1.29 is 5.11 Å². The van der Waals surface area contributed by atoms with Gasteiger partial charge in [0.1, 0.15) is 0 Å². The molecule has 1 heterocycles. The van der Waals surface area contributed by atoms with Gasteiger partial charge in [0.05, 0.1) is 18.0 Å². The van der Waals surface area contributed by atoms with Crippen molar-refractivity contribution in [1.29, 1.82) is 0 Å². The van der Waals surface area contributed by atoms with Crippen LogP contribution in [-0.4, -0.2) is 21.4 Å². The lowest BCUT2D eigenvalue weighted by Crippen LogP contribution is -2.30. The topological polar surface area (TPSA) is 64.1 Å². The van der Waals surface area contributed by atoms with E-state index in [9.17, 15) is 5.11 Å². The summed E-state index contributed by atoms with van der Waals surface area (Å²) >= 11 is 0. The molecule has 1 aromatic heterocycles. The fourth-order valence-corrected chi connectivity index (χ4v) is 1.76. The summed E-state index contributed by atoms with van der Waals surface area (Å²) in [4.78, 5) is 0. The number of para-hydroxylation sites is 1. The average molecular weight is 245 g/mol. The van der Waals surface area contributed by atoms with E-state index in [4.69, 9.17) is 5.73 Å². The molecule has 18 heavy (non-hydrogen) atoms. The maximum Gasteiger partial charge on any atom is 0.0883 e. The van der Waals surface area contributed by atoms with Gasteiger partial charge in [0.2, 0.25) is 0 Å².